The summed E-state index contributed by atoms with van der Waals surface area (Å²) in [6.07, 6.45) is 10.0. The number of aryl methyl sites for hydroxylation is 2. The highest BCUT2D eigenvalue weighted by molar-refractivity contribution is 5.34. The van der Waals surface area contributed by atoms with Crippen LogP contribution in [0.1, 0.15) is 48.8 Å². The van der Waals surface area contributed by atoms with Crippen LogP contribution in [0.3, 0.4) is 0 Å². The van der Waals surface area contributed by atoms with E-state index in [4.69, 9.17) is 0 Å². The lowest BCUT2D eigenvalue weighted by atomic mass is 9.66. The molecule has 1 aromatic rings. The zero-order chi connectivity index (χ0) is 11.7. The van der Waals surface area contributed by atoms with Gasteiger partial charge in [0.25, 0.3) is 0 Å². The number of rotatable bonds is 3. The Bertz CT molecular complexity index is 398. The van der Waals surface area contributed by atoms with Crippen LogP contribution in [0.5, 0.6) is 0 Å². The van der Waals surface area contributed by atoms with Crippen LogP contribution in [0.4, 0.5) is 0 Å². The Morgan fingerprint density at radius 3 is 2.41 bits per heavy atom. The minimum absolute atomic E-state index is 0.225. The van der Waals surface area contributed by atoms with Crippen molar-refractivity contribution in [2.45, 2.75) is 51.4 Å². The molecule has 0 aromatic heterocycles. The molecule has 0 bridgehead atoms. The number of fused-ring (bicyclic) bond motifs is 1. The third-order valence-electron chi connectivity index (χ3n) is 4.74. The molecule has 0 heterocycles. The lowest BCUT2D eigenvalue weighted by Crippen LogP contribution is -2.35. The van der Waals surface area contributed by atoms with E-state index in [1.807, 2.05) is 0 Å². The van der Waals surface area contributed by atoms with E-state index in [2.05, 4.69) is 18.2 Å². The average molecular weight is 230 g/mol. The molecule has 3 rings (SSSR count). The highest BCUT2D eigenvalue weighted by Gasteiger charge is 2.36. The molecule has 0 atom stereocenters. The van der Waals surface area contributed by atoms with E-state index in [0.29, 0.717) is 6.61 Å². The predicted octanol–water partition coefficient (Wildman–Crippen LogP) is 3.27. The molecule has 1 aromatic carbocycles. The summed E-state index contributed by atoms with van der Waals surface area (Å²) in [6.45, 7) is 0.365. The number of benzene rings is 1. The highest BCUT2D eigenvalue weighted by Crippen LogP contribution is 2.43. The first-order chi connectivity index (χ1) is 8.31. The minimum Gasteiger partial charge on any atom is -0.396 e. The van der Waals surface area contributed by atoms with Gasteiger partial charge in [-0.2, -0.15) is 0 Å². The Morgan fingerprint density at radius 1 is 1.00 bits per heavy atom. The van der Waals surface area contributed by atoms with E-state index in [0.717, 1.165) is 6.42 Å². The Hall–Kier alpha value is -0.820. The molecule has 0 radical (unpaired) electrons. The van der Waals surface area contributed by atoms with E-state index in [1.54, 1.807) is 11.1 Å². The average Bonchev–Trinajstić information content (AvgIpc) is 2.34. The fraction of sp³-hybridized carbons (Fsp3) is 0.625. The number of aliphatic hydroxyl groups excluding tert-OH is 1. The first kappa shape index (κ1) is 11.3. The molecule has 1 saturated carbocycles. The van der Waals surface area contributed by atoms with Crippen LogP contribution < -0.4 is 0 Å². The molecule has 1 fully saturated rings. The van der Waals surface area contributed by atoms with E-state index >= 15 is 0 Å². The van der Waals surface area contributed by atoms with Crippen molar-refractivity contribution < 1.29 is 5.11 Å². The Morgan fingerprint density at radius 2 is 1.76 bits per heavy atom. The van der Waals surface area contributed by atoms with Gasteiger partial charge in [-0.3, -0.25) is 0 Å². The van der Waals surface area contributed by atoms with Gasteiger partial charge in [-0.15, -0.1) is 0 Å². The van der Waals surface area contributed by atoms with Crippen molar-refractivity contribution in [2.24, 2.45) is 5.41 Å². The standard InChI is InChI=1S/C16H22O/c17-12-16(8-3-9-16)11-13-6-7-14-4-1-2-5-15(14)10-13/h6-7,10,17H,1-5,8-9,11-12H2. The fourth-order valence-electron chi connectivity index (χ4n) is 3.40. The summed E-state index contributed by atoms with van der Waals surface area (Å²) in [6, 6.07) is 7.03. The summed E-state index contributed by atoms with van der Waals surface area (Å²) < 4.78 is 0. The monoisotopic (exact) mass is 230 g/mol. The first-order valence-corrected chi connectivity index (χ1v) is 7.03. The molecule has 0 unspecified atom stereocenters. The summed E-state index contributed by atoms with van der Waals surface area (Å²) in [5, 5.41) is 9.54. The van der Waals surface area contributed by atoms with Gasteiger partial charge in [0, 0.05) is 6.61 Å². The van der Waals surface area contributed by atoms with Gasteiger partial charge in [0.05, 0.1) is 0 Å². The van der Waals surface area contributed by atoms with Crippen LogP contribution in [0.15, 0.2) is 18.2 Å². The summed E-state index contributed by atoms with van der Waals surface area (Å²) in [5.74, 6) is 0. The predicted molar refractivity (Wildman–Crippen MR) is 70.2 cm³/mol. The summed E-state index contributed by atoms with van der Waals surface area (Å²) in [7, 11) is 0. The van der Waals surface area contributed by atoms with E-state index in [9.17, 15) is 5.11 Å². The maximum atomic E-state index is 9.54. The molecule has 0 amide bonds. The Kier molecular flexibility index (Phi) is 2.96. The Balaban J connectivity index is 1.79. The zero-order valence-corrected chi connectivity index (χ0v) is 10.5. The van der Waals surface area contributed by atoms with Gasteiger partial charge in [0.2, 0.25) is 0 Å². The van der Waals surface area contributed by atoms with E-state index in [-0.39, 0.29) is 5.41 Å². The summed E-state index contributed by atoms with van der Waals surface area (Å²) >= 11 is 0. The van der Waals surface area contributed by atoms with Crippen molar-refractivity contribution in [1.82, 2.24) is 0 Å². The molecule has 17 heavy (non-hydrogen) atoms. The molecule has 0 spiro atoms. The smallest absolute Gasteiger partial charge is 0.0490 e. The molecular weight excluding hydrogens is 208 g/mol. The third-order valence-corrected chi connectivity index (χ3v) is 4.74. The lowest BCUT2D eigenvalue weighted by Gasteiger charge is -2.40. The van der Waals surface area contributed by atoms with Gasteiger partial charge < -0.3 is 5.11 Å². The molecule has 1 N–H and O–H groups in total. The maximum Gasteiger partial charge on any atom is 0.0490 e. The third kappa shape index (κ3) is 2.13. The lowest BCUT2D eigenvalue weighted by molar-refractivity contribution is 0.0450. The van der Waals surface area contributed by atoms with Crippen LogP contribution in [0, 0.1) is 5.41 Å². The normalized spacial score (nSPS) is 21.7. The molecule has 0 aliphatic heterocycles. The van der Waals surface area contributed by atoms with Gasteiger partial charge in [-0.05, 0) is 67.1 Å². The second-order valence-electron chi connectivity index (χ2n) is 6.00. The fourth-order valence-corrected chi connectivity index (χ4v) is 3.40. The van der Waals surface area contributed by atoms with E-state index in [1.165, 1.54) is 50.5 Å². The molecule has 1 heteroatoms. The number of aliphatic hydroxyl groups is 1. The van der Waals surface area contributed by atoms with Gasteiger partial charge >= 0.3 is 0 Å². The second kappa shape index (κ2) is 4.45. The van der Waals surface area contributed by atoms with Crippen molar-refractivity contribution in [2.75, 3.05) is 6.61 Å². The van der Waals surface area contributed by atoms with Crippen LogP contribution in [0.25, 0.3) is 0 Å². The molecule has 1 nitrogen and oxygen atoms in total. The van der Waals surface area contributed by atoms with Crippen LogP contribution >= 0.6 is 0 Å². The zero-order valence-electron chi connectivity index (χ0n) is 10.5. The van der Waals surface area contributed by atoms with Gasteiger partial charge in [-0.1, -0.05) is 24.6 Å². The van der Waals surface area contributed by atoms with Crippen molar-refractivity contribution in [3.05, 3.63) is 34.9 Å². The van der Waals surface area contributed by atoms with Crippen molar-refractivity contribution in [3.63, 3.8) is 0 Å². The molecule has 2 aliphatic rings. The van der Waals surface area contributed by atoms with E-state index < -0.39 is 0 Å². The minimum atomic E-state index is 0.225. The molecule has 0 saturated heterocycles. The van der Waals surface area contributed by atoms with Gasteiger partial charge in [0.1, 0.15) is 0 Å². The van der Waals surface area contributed by atoms with Gasteiger partial charge in [-0.25, -0.2) is 0 Å². The topological polar surface area (TPSA) is 20.2 Å². The highest BCUT2D eigenvalue weighted by atomic mass is 16.3. The molecule has 2 aliphatic carbocycles. The first-order valence-electron chi connectivity index (χ1n) is 7.03. The number of hydrogen-bond donors (Lipinski definition) is 1. The maximum absolute atomic E-state index is 9.54. The van der Waals surface area contributed by atoms with Crippen molar-refractivity contribution in [3.8, 4) is 0 Å². The van der Waals surface area contributed by atoms with Crippen molar-refractivity contribution >= 4 is 0 Å². The Labute approximate surface area is 104 Å². The summed E-state index contributed by atoms with van der Waals surface area (Å²) in [5.41, 5.74) is 4.80. The van der Waals surface area contributed by atoms with Crippen LogP contribution in [-0.4, -0.2) is 11.7 Å². The summed E-state index contributed by atoms with van der Waals surface area (Å²) in [4.78, 5) is 0. The van der Waals surface area contributed by atoms with Crippen LogP contribution in [-0.2, 0) is 19.3 Å². The van der Waals surface area contributed by atoms with Crippen molar-refractivity contribution in [1.29, 1.82) is 0 Å². The van der Waals surface area contributed by atoms with Gasteiger partial charge in [0.15, 0.2) is 0 Å². The molecular formula is C16H22O. The second-order valence-corrected chi connectivity index (χ2v) is 6.00. The molecule has 92 valence electrons. The van der Waals surface area contributed by atoms with Crippen LogP contribution in [0.2, 0.25) is 0 Å². The quantitative estimate of drug-likeness (QED) is 0.845. The number of hydrogen-bond acceptors (Lipinski definition) is 1. The SMILES string of the molecule is OCC1(Cc2ccc3c(c2)CCCC3)CCC1. The largest absolute Gasteiger partial charge is 0.396 e.